The zero-order valence-electron chi connectivity index (χ0n) is 12.2. The van der Waals surface area contributed by atoms with Gasteiger partial charge in [0.15, 0.2) is 11.5 Å². The van der Waals surface area contributed by atoms with E-state index in [0.29, 0.717) is 24.7 Å². The van der Waals surface area contributed by atoms with Crippen LogP contribution >= 0.6 is 0 Å². The van der Waals surface area contributed by atoms with Gasteiger partial charge in [-0.05, 0) is 43.7 Å². The lowest BCUT2D eigenvalue weighted by atomic mass is 10.0. The molecule has 1 aromatic heterocycles. The van der Waals surface area contributed by atoms with Gasteiger partial charge in [0.1, 0.15) is 5.82 Å². The summed E-state index contributed by atoms with van der Waals surface area (Å²) in [6.07, 6.45) is 1.52. The molecule has 0 aliphatic heterocycles. The molecule has 1 atom stereocenters. The van der Waals surface area contributed by atoms with Gasteiger partial charge in [-0.25, -0.2) is 4.39 Å². The quantitative estimate of drug-likeness (QED) is 0.888. The highest BCUT2D eigenvalue weighted by Crippen LogP contribution is 2.32. The van der Waals surface area contributed by atoms with Crippen LogP contribution in [0.15, 0.2) is 36.5 Å². The van der Waals surface area contributed by atoms with Crippen molar-refractivity contribution in [1.29, 1.82) is 0 Å². The maximum atomic E-state index is 13.8. The predicted molar refractivity (Wildman–Crippen MR) is 79.0 cm³/mol. The van der Waals surface area contributed by atoms with Crippen LogP contribution in [0.4, 0.5) is 4.39 Å². The molecule has 21 heavy (non-hydrogen) atoms. The molecule has 0 aliphatic carbocycles. The van der Waals surface area contributed by atoms with Crippen molar-refractivity contribution in [3.63, 3.8) is 0 Å². The molecule has 0 amide bonds. The summed E-state index contributed by atoms with van der Waals surface area (Å²) in [5.74, 6) is 0.831. The zero-order chi connectivity index (χ0) is 15.2. The van der Waals surface area contributed by atoms with Crippen molar-refractivity contribution < 1.29 is 13.9 Å². The Hall–Kier alpha value is -2.14. The van der Waals surface area contributed by atoms with Crippen LogP contribution in [0.5, 0.6) is 11.5 Å². The lowest BCUT2D eigenvalue weighted by Gasteiger charge is -2.16. The Morgan fingerprint density at radius 3 is 2.52 bits per heavy atom. The molecule has 2 N–H and O–H groups in total. The monoisotopic (exact) mass is 290 g/mol. The molecule has 0 bridgehead atoms. The third-order valence-corrected chi connectivity index (χ3v) is 3.01. The van der Waals surface area contributed by atoms with Crippen LogP contribution in [0.1, 0.15) is 31.1 Å². The number of ether oxygens (including phenoxy) is 2. The summed E-state index contributed by atoms with van der Waals surface area (Å²) in [7, 11) is 0. The zero-order valence-corrected chi connectivity index (χ0v) is 12.2. The number of nitrogens with two attached hydrogens (primary N) is 1. The highest BCUT2D eigenvalue weighted by Gasteiger charge is 2.17. The molecular weight excluding hydrogens is 271 g/mol. The minimum absolute atomic E-state index is 0.212. The van der Waals surface area contributed by atoms with Gasteiger partial charge in [-0.15, -0.1) is 0 Å². The fourth-order valence-corrected chi connectivity index (χ4v) is 2.05. The maximum Gasteiger partial charge on any atom is 0.161 e. The van der Waals surface area contributed by atoms with Gasteiger partial charge in [-0.3, -0.25) is 4.98 Å². The van der Waals surface area contributed by atoms with E-state index in [4.69, 9.17) is 15.2 Å². The van der Waals surface area contributed by atoms with Crippen molar-refractivity contribution in [2.24, 2.45) is 5.73 Å². The summed E-state index contributed by atoms with van der Waals surface area (Å²) in [6.45, 7) is 4.84. The van der Waals surface area contributed by atoms with Gasteiger partial charge in [-0.1, -0.05) is 6.07 Å². The van der Waals surface area contributed by atoms with Crippen LogP contribution < -0.4 is 15.2 Å². The topological polar surface area (TPSA) is 57.4 Å². The second kappa shape index (κ2) is 7.04. The third kappa shape index (κ3) is 3.49. The van der Waals surface area contributed by atoms with Gasteiger partial charge >= 0.3 is 0 Å². The molecule has 0 aliphatic rings. The molecule has 0 spiro atoms. The first-order valence-electron chi connectivity index (χ1n) is 6.92. The van der Waals surface area contributed by atoms with Crippen LogP contribution in [0.25, 0.3) is 0 Å². The van der Waals surface area contributed by atoms with Crippen LogP contribution in [0.3, 0.4) is 0 Å². The number of halogens is 1. The normalized spacial score (nSPS) is 12.0. The van der Waals surface area contributed by atoms with E-state index in [-0.39, 0.29) is 5.69 Å². The van der Waals surface area contributed by atoms with E-state index in [9.17, 15) is 4.39 Å². The van der Waals surface area contributed by atoms with Crippen molar-refractivity contribution in [1.82, 2.24) is 4.98 Å². The van der Waals surface area contributed by atoms with E-state index in [0.717, 1.165) is 5.56 Å². The maximum absolute atomic E-state index is 13.8. The van der Waals surface area contributed by atoms with Gasteiger partial charge in [0, 0.05) is 6.20 Å². The molecule has 0 saturated heterocycles. The molecule has 0 saturated carbocycles. The summed E-state index contributed by atoms with van der Waals surface area (Å²) in [6, 6.07) is 7.58. The number of nitrogens with zero attached hydrogens (tertiary/aromatic N) is 1. The van der Waals surface area contributed by atoms with Gasteiger partial charge in [-0.2, -0.15) is 0 Å². The molecule has 0 fully saturated rings. The lowest BCUT2D eigenvalue weighted by molar-refractivity contribution is 0.287. The summed E-state index contributed by atoms with van der Waals surface area (Å²) in [4.78, 5) is 4.02. The molecule has 0 radical (unpaired) electrons. The molecule has 2 rings (SSSR count). The van der Waals surface area contributed by atoms with E-state index >= 15 is 0 Å². The second-order valence-corrected chi connectivity index (χ2v) is 4.42. The van der Waals surface area contributed by atoms with Crippen molar-refractivity contribution >= 4 is 0 Å². The van der Waals surface area contributed by atoms with Crippen molar-refractivity contribution in [2.45, 2.75) is 19.9 Å². The largest absolute Gasteiger partial charge is 0.490 e. The number of benzene rings is 1. The van der Waals surface area contributed by atoms with Crippen molar-refractivity contribution in [3.05, 3.63) is 53.6 Å². The van der Waals surface area contributed by atoms with Gasteiger partial charge in [0.05, 0.1) is 24.9 Å². The minimum atomic E-state index is -0.652. The Kier molecular flexibility index (Phi) is 5.11. The van der Waals surface area contributed by atoms with E-state index in [1.807, 2.05) is 13.8 Å². The summed E-state index contributed by atoms with van der Waals surface area (Å²) in [5, 5.41) is 0. The first kappa shape index (κ1) is 15.3. The summed E-state index contributed by atoms with van der Waals surface area (Å²) < 4.78 is 24.8. The molecule has 112 valence electrons. The number of hydrogen-bond acceptors (Lipinski definition) is 4. The van der Waals surface area contributed by atoms with E-state index in [1.165, 1.54) is 18.3 Å². The molecule has 5 heteroatoms. The molecule has 1 unspecified atom stereocenters. The SMILES string of the molecule is CCOc1ccc(C(N)c2ncccc2F)cc1OCC. The molecule has 1 aromatic carbocycles. The molecular formula is C16H19FN2O2. The minimum Gasteiger partial charge on any atom is -0.490 e. The fraction of sp³-hybridized carbons (Fsp3) is 0.312. The highest BCUT2D eigenvalue weighted by molar-refractivity contribution is 5.45. The number of rotatable bonds is 6. The number of hydrogen-bond donors (Lipinski definition) is 1. The van der Waals surface area contributed by atoms with Crippen LogP contribution in [0, 0.1) is 5.82 Å². The Morgan fingerprint density at radius 2 is 1.86 bits per heavy atom. The lowest BCUT2D eigenvalue weighted by Crippen LogP contribution is -2.15. The van der Waals surface area contributed by atoms with Gasteiger partial charge in [0.25, 0.3) is 0 Å². The van der Waals surface area contributed by atoms with Crippen molar-refractivity contribution in [2.75, 3.05) is 13.2 Å². The Labute approximate surface area is 123 Å². The third-order valence-electron chi connectivity index (χ3n) is 3.01. The van der Waals surface area contributed by atoms with Crippen LogP contribution in [-0.2, 0) is 0 Å². The first-order valence-corrected chi connectivity index (χ1v) is 6.92. The number of pyridine rings is 1. The average molecular weight is 290 g/mol. The predicted octanol–water partition coefficient (Wildman–Crippen LogP) is 3.07. The Bertz CT molecular complexity index is 605. The molecule has 2 aromatic rings. The van der Waals surface area contributed by atoms with E-state index < -0.39 is 11.9 Å². The summed E-state index contributed by atoms with van der Waals surface area (Å²) >= 11 is 0. The van der Waals surface area contributed by atoms with Crippen molar-refractivity contribution in [3.8, 4) is 11.5 Å². The fourth-order valence-electron chi connectivity index (χ4n) is 2.05. The smallest absolute Gasteiger partial charge is 0.161 e. The van der Waals surface area contributed by atoms with Gasteiger partial charge in [0.2, 0.25) is 0 Å². The van der Waals surface area contributed by atoms with Crippen LogP contribution in [-0.4, -0.2) is 18.2 Å². The first-order chi connectivity index (χ1) is 10.2. The highest BCUT2D eigenvalue weighted by atomic mass is 19.1. The Morgan fingerprint density at radius 1 is 1.14 bits per heavy atom. The van der Waals surface area contributed by atoms with Gasteiger partial charge < -0.3 is 15.2 Å². The average Bonchev–Trinajstić information content (AvgIpc) is 2.49. The second-order valence-electron chi connectivity index (χ2n) is 4.42. The Balaban J connectivity index is 2.35. The van der Waals surface area contributed by atoms with E-state index in [1.54, 1.807) is 18.2 Å². The number of aromatic nitrogens is 1. The summed E-state index contributed by atoms with van der Waals surface area (Å²) in [5.41, 5.74) is 7.04. The molecule has 1 heterocycles. The molecule has 4 nitrogen and oxygen atoms in total. The van der Waals surface area contributed by atoms with E-state index in [2.05, 4.69) is 4.98 Å². The standard InChI is InChI=1S/C16H19FN2O2/c1-3-20-13-8-7-11(10-14(13)21-4-2)15(18)16-12(17)6-5-9-19-16/h5-10,15H,3-4,18H2,1-2H3. The van der Waals surface area contributed by atoms with Crippen LogP contribution in [0.2, 0.25) is 0 Å².